The highest BCUT2D eigenvalue weighted by atomic mass is 19.1. The van der Waals surface area contributed by atoms with Crippen molar-refractivity contribution in [3.05, 3.63) is 71.3 Å². The van der Waals surface area contributed by atoms with Crippen LogP contribution in [-0.2, 0) is 17.8 Å². The van der Waals surface area contributed by atoms with Gasteiger partial charge >= 0.3 is 0 Å². The van der Waals surface area contributed by atoms with Crippen LogP contribution in [0, 0.1) is 11.6 Å². The number of nitrogens with one attached hydrogen (secondary N) is 1. The summed E-state index contributed by atoms with van der Waals surface area (Å²) in [5, 5.41) is 2.63. The molecule has 1 N–H and O–H groups in total. The summed E-state index contributed by atoms with van der Waals surface area (Å²) in [5.41, 5.74) is 1.36. The smallest absolute Gasteiger partial charge is 0.220 e. The van der Waals surface area contributed by atoms with Crippen LogP contribution < -0.4 is 5.32 Å². The summed E-state index contributed by atoms with van der Waals surface area (Å²) in [6.45, 7) is 0.0692. The summed E-state index contributed by atoms with van der Waals surface area (Å²) >= 11 is 0. The third-order valence-corrected chi connectivity index (χ3v) is 2.97. The van der Waals surface area contributed by atoms with Crippen molar-refractivity contribution >= 4 is 5.91 Å². The molecule has 2 nitrogen and oxygen atoms in total. The van der Waals surface area contributed by atoms with Crippen LogP contribution >= 0.6 is 0 Å². The van der Waals surface area contributed by atoms with Crippen LogP contribution in [0.1, 0.15) is 17.5 Å². The van der Waals surface area contributed by atoms with Crippen molar-refractivity contribution in [2.45, 2.75) is 19.4 Å². The molecule has 20 heavy (non-hydrogen) atoms. The van der Waals surface area contributed by atoms with Crippen LogP contribution in [0.25, 0.3) is 0 Å². The lowest BCUT2D eigenvalue weighted by molar-refractivity contribution is -0.121. The number of aryl methyl sites for hydroxylation is 1. The zero-order chi connectivity index (χ0) is 14.4. The Kier molecular flexibility index (Phi) is 4.82. The molecule has 1 amide bonds. The van der Waals surface area contributed by atoms with Crippen LogP contribution in [0.15, 0.2) is 48.5 Å². The fourth-order valence-electron chi connectivity index (χ4n) is 1.85. The first-order valence-corrected chi connectivity index (χ1v) is 6.40. The highest BCUT2D eigenvalue weighted by Gasteiger charge is 2.06. The molecular formula is C16H15F2NO. The molecule has 2 aromatic carbocycles. The number of amides is 1. The van der Waals surface area contributed by atoms with E-state index in [0.29, 0.717) is 12.8 Å². The van der Waals surface area contributed by atoms with Crippen molar-refractivity contribution in [2.24, 2.45) is 0 Å². The number of hydrogen-bond donors (Lipinski definition) is 1. The lowest BCUT2D eigenvalue weighted by Gasteiger charge is -2.06. The number of rotatable bonds is 5. The van der Waals surface area contributed by atoms with E-state index in [4.69, 9.17) is 0 Å². The Bertz CT molecular complexity index is 584. The minimum atomic E-state index is -0.645. The molecule has 0 aliphatic heterocycles. The Balaban J connectivity index is 1.80. The molecule has 0 saturated carbocycles. The van der Waals surface area contributed by atoms with E-state index >= 15 is 0 Å². The summed E-state index contributed by atoms with van der Waals surface area (Å²) in [5.74, 6) is -1.42. The molecule has 0 aromatic heterocycles. The Morgan fingerprint density at radius 1 is 1.05 bits per heavy atom. The van der Waals surface area contributed by atoms with E-state index in [1.165, 1.54) is 12.1 Å². The molecule has 0 radical (unpaired) electrons. The molecule has 4 heteroatoms. The minimum Gasteiger partial charge on any atom is -0.352 e. The molecule has 104 valence electrons. The fourth-order valence-corrected chi connectivity index (χ4v) is 1.85. The third-order valence-electron chi connectivity index (χ3n) is 2.97. The van der Waals surface area contributed by atoms with Gasteiger partial charge in [0.25, 0.3) is 0 Å². The van der Waals surface area contributed by atoms with Gasteiger partial charge in [-0.3, -0.25) is 4.79 Å². The Morgan fingerprint density at radius 3 is 2.50 bits per heavy atom. The first-order chi connectivity index (χ1) is 9.65. The zero-order valence-electron chi connectivity index (χ0n) is 10.9. The van der Waals surface area contributed by atoms with Gasteiger partial charge in [0, 0.05) is 24.6 Å². The monoisotopic (exact) mass is 275 g/mol. The maximum atomic E-state index is 13.4. The first kappa shape index (κ1) is 14.2. The molecule has 0 fully saturated rings. The maximum absolute atomic E-state index is 13.4. The van der Waals surface area contributed by atoms with E-state index in [-0.39, 0.29) is 18.0 Å². The van der Waals surface area contributed by atoms with E-state index in [1.807, 2.05) is 30.3 Å². The molecular weight excluding hydrogens is 260 g/mol. The second-order valence-corrected chi connectivity index (χ2v) is 4.50. The van der Waals surface area contributed by atoms with Gasteiger partial charge in [-0.05, 0) is 18.1 Å². The first-order valence-electron chi connectivity index (χ1n) is 6.40. The summed E-state index contributed by atoms with van der Waals surface area (Å²) in [6.07, 6.45) is 0.978. The molecule has 0 saturated heterocycles. The number of benzene rings is 2. The molecule has 0 bridgehead atoms. The van der Waals surface area contributed by atoms with Crippen LogP contribution in [0.5, 0.6) is 0 Å². The van der Waals surface area contributed by atoms with Crippen molar-refractivity contribution in [1.82, 2.24) is 5.32 Å². The zero-order valence-corrected chi connectivity index (χ0v) is 10.9. The quantitative estimate of drug-likeness (QED) is 0.892. The van der Waals surface area contributed by atoms with Gasteiger partial charge in [0.15, 0.2) is 0 Å². The van der Waals surface area contributed by atoms with E-state index in [1.54, 1.807) is 0 Å². The Hall–Kier alpha value is -2.23. The standard InChI is InChI=1S/C16H15F2NO/c17-14-8-7-13(15(18)10-14)11-19-16(20)9-6-12-4-2-1-3-5-12/h1-5,7-8,10H,6,9,11H2,(H,19,20). The van der Waals surface area contributed by atoms with Gasteiger partial charge in [-0.25, -0.2) is 8.78 Å². The van der Waals surface area contributed by atoms with Gasteiger partial charge in [-0.1, -0.05) is 36.4 Å². The third kappa shape index (κ3) is 4.16. The van der Waals surface area contributed by atoms with Crippen molar-refractivity contribution < 1.29 is 13.6 Å². The van der Waals surface area contributed by atoms with E-state index in [0.717, 1.165) is 11.6 Å². The van der Waals surface area contributed by atoms with Crippen LogP contribution in [0.4, 0.5) is 8.78 Å². The molecule has 2 rings (SSSR count). The second-order valence-electron chi connectivity index (χ2n) is 4.50. The lowest BCUT2D eigenvalue weighted by Crippen LogP contribution is -2.23. The van der Waals surface area contributed by atoms with E-state index in [2.05, 4.69) is 5.32 Å². The van der Waals surface area contributed by atoms with Gasteiger partial charge in [-0.2, -0.15) is 0 Å². The fraction of sp³-hybridized carbons (Fsp3) is 0.188. The van der Waals surface area contributed by atoms with Gasteiger partial charge in [-0.15, -0.1) is 0 Å². The normalized spacial score (nSPS) is 10.3. The Labute approximate surface area is 116 Å². The highest BCUT2D eigenvalue weighted by molar-refractivity contribution is 5.76. The van der Waals surface area contributed by atoms with Crippen molar-refractivity contribution in [3.8, 4) is 0 Å². The summed E-state index contributed by atoms with van der Waals surface area (Å²) in [4.78, 5) is 11.7. The summed E-state index contributed by atoms with van der Waals surface area (Å²) in [6, 6.07) is 13.0. The number of halogens is 2. The maximum Gasteiger partial charge on any atom is 0.220 e. The molecule has 0 spiro atoms. The van der Waals surface area contributed by atoms with E-state index < -0.39 is 11.6 Å². The van der Waals surface area contributed by atoms with Gasteiger partial charge in [0.1, 0.15) is 11.6 Å². The molecule has 0 aliphatic carbocycles. The van der Waals surface area contributed by atoms with Gasteiger partial charge in [0.05, 0.1) is 0 Å². The molecule has 0 unspecified atom stereocenters. The lowest BCUT2D eigenvalue weighted by atomic mass is 10.1. The summed E-state index contributed by atoms with van der Waals surface area (Å²) < 4.78 is 26.1. The number of hydrogen-bond acceptors (Lipinski definition) is 1. The topological polar surface area (TPSA) is 29.1 Å². The highest BCUT2D eigenvalue weighted by Crippen LogP contribution is 2.09. The Morgan fingerprint density at radius 2 is 1.80 bits per heavy atom. The molecule has 2 aromatic rings. The largest absolute Gasteiger partial charge is 0.352 e. The average Bonchev–Trinajstić information content (AvgIpc) is 2.45. The van der Waals surface area contributed by atoms with Gasteiger partial charge in [0.2, 0.25) is 5.91 Å². The van der Waals surface area contributed by atoms with E-state index in [9.17, 15) is 13.6 Å². The van der Waals surface area contributed by atoms with Crippen LogP contribution in [0.2, 0.25) is 0 Å². The van der Waals surface area contributed by atoms with Crippen molar-refractivity contribution in [3.63, 3.8) is 0 Å². The van der Waals surface area contributed by atoms with Crippen molar-refractivity contribution in [1.29, 1.82) is 0 Å². The van der Waals surface area contributed by atoms with Crippen molar-refractivity contribution in [2.75, 3.05) is 0 Å². The number of carbonyl (C=O) groups is 1. The summed E-state index contributed by atoms with van der Waals surface area (Å²) in [7, 11) is 0. The molecule has 0 atom stereocenters. The minimum absolute atomic E-state index is 0.0692. The molecule has 0 aliphatic rings. The predicted molar refractivity (Wildman–Crippen MR) is 73.0 cm³/mol. The molecule has 0 heterocycles. The van der Waals surface area contributed by atoms with Crippen LogP contribution in [0.3, 0.4) is 0 Å². The average molecular weight is 275 g/mol. The number of carbonyl (C=O) groups excluding carboxylic acids is 1. The predicted octanol–water partition coefficient (Wildman–Crippen LogP) is 3.21. The van der Waals surface area contributed by atoms with Crippen LogP contribution in [-0.4, -0.2) is 5.91 Å². The SMILES string of the molecule is O=C(CCc1ccccc1)NCc1ccc(F)cc1F. The van der Waals surface area contributed by atoms with Gasteiger partial charge < -0.3 is 5.32 Å². The second kappa shape index (κ2) is 6.80.